The summed E-state index contributed by atoms with van der Waals surface area (Å²) in [6.45, 7) is 0.469. The quantitative estimate of drug-likeness (QED) is 0.895. The normalized spacial score (nSPS) is 10.4. The summed E-state index contributed by atoms with van der Waals surface area (Å²) in [5.74, 6) is 0.397. The number of aryl methyl sites for hydroxylation is 1. The van der Waals surface area contributed by atoms with Gasteiger partial charge in [-0.25, -0.2) is 4.39 Å². The van der Waals surface area contributed by atoms with Gasteiger partial charge in [0.25, 0.3) is 0 Å². The van der Waals surface area contributed by atoms with Gasteiger partial charge < -0.3 is 9.88 Å². The Bertz CT molecular complexity index is 477. The Morgan fingerprint density at radius 3 is 2.88 bits per heavy atom. The fraction of sp³-hybridized carbons (Fsp3) is 0.200. The van der Waals surface area contributed by atoms with E-state index >= 15 is 0 Å². The molecular weight excluding hydrogens is 231 g/mol. The van der Waals surface area contributed by atoms with E-state index in [4.69, 9.17) is 11.6 Å². The number of aromatic nitrogens is 3. The van der Waals surface area contributed by atoms with Gasteiger partial charge in [-0.1, -0.05) is 11.6 Å². The molecule has 0 aliphatic carbocycles. The average Bonchev–Trinajstić information content (AvgIpc) is 2.59. The number of halogens is 2. The van der Waals surface area contributed by atoms with Gasteiger partial charge in [0.2, 0.25) is 0 Å². The van der Waals surface area contributed by atoms with E-state index in [1.807, 2.05) is 7.05 Å². The van der Waals surface area contributed by atoms with E-state index in [1.54, 1.807) is 17.0 Å². The topological polar surface area (TPSA) is 42.7 Å². The van der Waals surface area contributed by atoms with Crippen LogP contribution in [0, 0.1) is 5.82 Å². The summed E-state index contributed by atoms with van der Waals surface area (Å²) < 4.78 is 14.8. The van der Waals surface area contributed by atoms with Crippen molar-refractivity contribution >= 4 is 17.3 Å². The molecule has 1 aromatic heterocycles. The molecule has 0 unspecified atom stereocenters. The van der Waals surface area contributed by atoms with Crippen molar-refractivity contribution in [2.45, 2.75) is 6.54 Å². The van der Waals surface area contributed by atoms with Crippen LogP contribution in [0.25, 0.3) is 0 Å². The molecule has 6 heteroatoms. The van der Waals surface area contributed by atoms with Crippen molar-refractivity contribution in [2.75, 3.05) is 5.32 Å². The zero-order valence-electron chi connectivity index (χ0n) is 8.61. The smallest absolute Gasteiger partial charge is 0.151 e. The molecule has 0 fully saturated rings. The lowest BCUT2D eigenvalue weighted by atomic mass is 10.3. The zero-order valence-corrected chi connectivity index (χ0v) is 9.37. The third-order valence-corrected chi connectivity index (χ3v) is 2.34. The number of anilines is 1. The highest BCUT2D eigenvalue weighted by atomic mass is 35.5. The molecule has 0 aliphatic heterocycles. The van der Waals surface area contributed by atoms with Crippen molar-refractivity contribution in [2.24, 2.45) is 7.05 Å². The summed E-state index contributed by atoms with van der Waals surface area (Å²) >= 11 is 5.73. The predicted molar refractivity (Wildman–Crippen MR) is 59.7 cm³/mol. The monoisotopic (exact) mass is 240 g/mol. The van der Waals surface area contributed by atoms with Gasteiger partial charge in [0.1, 0.15) is 12.1 Å². The van der Waals surface area contributed by atoms with Gasteiger partial charge in [-0.2, -0.15) is 0 Å². The molecule has 84 valence electrons. The first-order chi connectivity index (χ1) is 7.65. The first kappa shape index (κ1) is 10.9. The summed E-state index contributed by atoms with van der Waals surface area (Å²) in [5, 5.41) is 11.0. The van der Waals surface area contributed by atoms with Gasteiger partial charge in [0.15, 0.2) is 5.82 Å². The molecular formula is C10H10ClFN4. The molecule has 0 aliphatic rings. The van der Waals surface area contributed by atoms with Crippen LogP contribution in [0.1, 0.15) is 5.82 Å². The van der Waals surface area contributed by atoms with Crippen molar-refractivity contribution in [3.63, 3.8) is 0 Å². The van der Waals surface area contributed by atoms with Gasteiger partial charge in [-0.15, -0.1) is 10.2 Å². The second kappa shape index (κ2) is 4.49. The van der Waals surface area contributed by atoms with Gasteiger partial charge in [0, 0.05) is 17.8 Å². The maximum Gasteiger partial charge on any atom is 0.151 e. The van der Waals surface area contributed by atoms with E-state index in [1.165, 1.54) is 12.1 Å². The van der Waals surface area contributed by atoms with E-state index in [0.717, 1.165) is 5.82 Å². The van der Waals surface area contributed by atoms with E-state index in [-0.39, 0.29) is 5.82 Å². The number of benzene rings is 1. The zero-order chi connectivity index (χ0) is 11.5. The van der Waals surface area contributed by atoms with E-state index < -0.39 is 0 Å². The highest BCUT2D eigenvalue weighted by Gasteiger charge is 2.02. The average molecular weight is 241 g/mol. The summed E-state index contributed by atoms with van der Waals surface area (Å²) in [6, 6.07) is 4.29. The summed E-state index contributed by atoms with van der Waals surface area (Å²) in [4.78, 5) is 0. The van der Waals surface area contributed by atoms with Crippen LogP contribution in [0.15, 0.2) is 24.5 Å². The number of rotatable bonds is 3. The maximum absolute atomic E-state index is 13.0. The Morgan fingerprint density at radius 1 is 1.44 bits per heavy atom. The minimum absolute atomic E-state index is 0.362. The van der Waals surface area contributed by atoms with Crippen LogP contribution in [-0.2, 0) is 13.6 Å². The van der Waals surface area contributed by atoms with Crippen LogP contribution >= 0.6 is 11.6 Å². The Kier molecular flexibility index (Phi) is 3.05. The fourth-order valence-corrected chi connectivity index (χ4v) is 1.53. The molecule has 1 heterocycles. The van der Waals surface area contributed by atoms with Crippen molar-refractivity contribution < 1.29 is 4.39 Å². The Labute approximate surface area is 97.1 Å². The molecule has 0 atom stereocenters. The number of nitrogens with zero attached hydrogens (tertiary/aromatic N) is 3. The van der Waals surface area contributed by atoms with Crippen molar-refractivity contribution in [3.05, 3.63) is 41.2 Å². The van der Waals surface area contributed by atoms with Crippen LogP contribution in [0.3, 0.4) is 0 Å². The first-order valence-electron chi connectivity index (χ1n) is 4.68. The molecule has 2 rings (SSSR count). The van der Waals surface area contributed by atoms with E-state index in [0.29, 0.717) is 17.3 Å². The molecule has 0 radical (unpaired) electrons. The van der Waals surface area contributed by atoms with Crippen LogP contribution in [0.5, 0.6) is 0 Å². The summed E-state index contributed by atoms with van der Waals surface area (Å²) in [5.41, 5.74) is 0.619. The Balaban J connectivity index is 2.07. The summed E-state index contributed by atoms with van der Waals surface area (Å²) in [7, 11) is 1.84. The minimum atomic E-state index is -0.368. The molecule has 2 aromatic rings. The van der Waals surface area contributed by atoms with Gasteiger partial charge in [0.05, 0.1) is 6.54 Å². The molecule has 0 amide bonds. The number of nitrogens with one attached hydrogen (secondary N) is 1. The lowest BCUT2D eigenvalue weighted by Gasteiger charge is -2.06. The lowest BCUT2D eigenvalue weighted by Crippen LogP contribution is -2.05. The molecule has 0 saturated carbocycles. The van der Waals surface area contributed by atoms with E-state index in [2.05, 4.69) is 15.5 Å². The van der Waals surface area contributed by atoms with Crippen LogP contribution in [0.4, 0.5) is 10.1 Å². The highest BCUT2D eigenvalue weighted by Crippen LogP contribution is 2.18. The van der Waals surface area contributed by atoms with E-state index in [9.17, 15) is 4.39 Å². The first-order valence-corrected chi connectivity index (χ1v) is 5.06. The molecule has 0 saturated heterocycles. The Morgan fingerprint density at radius 2 is 2.25 bits per heavy atom. The number of hydrogen-bond acceptors (Lipinski definition) is 3. The standard InChI is InChI=1S/C10H10ClFN4/c1-16-6-14-15-10(16)5-13-9-3-7(11)2-8(12)4-9/h2-4,6,13H,5H2,1H3. The van der Waals surface area contributed by atoms with Crippen molar-refractivity contribution in [3.8, 4) is 0 Å². The lowest BCUT2D eigenvalue weighted by molar-refractivity contribution is 0.628. The van der Waals surface area contributed by atoms with Gasteiger partial charge in [-0.3, -0.25) is 0 Å². The molecule has 1 aromatic carbocycles. The second-order valence-corrected chi connectivity index (χ2v) is 3.81. The Hall–Kier alpha value is -1.62. The van der Waals surface area contributed by atoms with Crippen LogP contribution < -0.4 is 5.32 Å². The predicted octanol–water partition coefficient (Wildman–Crippen LogP) is 2.22. The summed E-state index contributed by atoms with van der Waals surface area (Å²) in [6.07, 6.45) is 1.61. The largest absolute Gasteiger partial charge is 0.378 e. The fourth-order valence-electron chi connectivity index (χ4n) is 1.30. The highest BCUT2D eigenvalue weighted by molar-refractivity contribution is 6.30. The van der Waals surface area contributed by atoms with Gasteiger partial charge in [-0.05, 0) is 18.2 Å². The maximum atomic E-state index is 13.0. The third-order valence-electron chi connectivity index (χ3n) is 2.12. The molecule has 1 N–H and O–H groups in total. The molecule has 16 heavy (non-hydrogen) atoms. The van der Waals surface area contributed by atoms with Crippen LogP contribution in [0.2, 0.25) is 5.02 Å². The van der Waals surface area contributed by atoms with Gasteiger partial charge >= 0.3 is 0 Å². The van der Waals surface area contributed by atoms with Crippen molar-refractivity contribution in [1.29, 1.82) is 0 Å². The third kappa shape index (κ3) is 2.49. The number of hydrogen-bond donors (Lipinski definition) is 1. The minimum Gasteiger partial charge on any atom is -0.378 e. The SMILES string of the molecule is Cn1cnnc1CNc1cc(F)cc(Cl)c1. The second-order valence-electron chi connectivity index (χ2n) is 3.37. The molecule has 0 spiro atoms. The molecule has 0 bridgehead atoms. The molecule has 4 nitrogen and oxygen atoms in total. The van der Waals surface area contributed by atoms with Crippen molar-refractivity contribution in [1.82, 2.24) is 14.8 Å². The van der Waals surface area contributed by atoms with Crippen LogP contribution in [-0.4, -0.2) is 14.8 Å².